The number of ketones is 2. The van der Waals surface area contributed by atoms with Crippen LogP contribution in [0.4, 0.5) is 13.2 Å². The number of fused-ring (bicyclic) bond motifs is 7. The van der Waals surface area contributed by atoms with Gasteiger partial charge in [0, 0.05) is 12.3 Å². The molecule has 5 rings (SSSR count). The van der Waals surface area contributed by atoms with Crippen LogP contribution in [0.5, 0.6) is 0 Å². The number of Topliss-reactive ketones (excluding diaryl/α,β-unsaturated/α-hetero) is 1. The molecular weight excluding hydrogens is 519 g/mol. The predicted octanol–water partition coefficient (Wildman–Crippen LogP) is 6.19. The lowest BCUT2D eigenvalue weighted by atomic mass is 9.33. The van der Waals surface area contributed by atoms with Crippen LogP contribution < -0.4 is 5.32 Å². The van der Waals surface area contributed by atoms with Crippen molar-refractivity contribution in [2.45, 2.75) is 106 Å². The Balaban J connectivity index is 1.60. The fourth-order valence-electron chi connectivity index (χ4n) is 10.6. The third-order valence-electron chi connectivity index (χ3n) is 13.2. The van der Waals surface area contributed by atoms with Gasteiger partial charge in [-0.2, -0.15) is 13.2 Å². The van der Waals surface area contributed by atoms with E-state index < -0.39 is 46.2 Å². The van der Waals surface area contributed by atoms with Crippen LogP contribution in [-0.4, -0.2) is 41.9 Å². The van der Waals surface area contributed by atoms with Gasteiger partial charge in [-0.1, -0.05) is 47.1 Å². The standard InChI is InChI=1S/C32H46F3NO4/c1-26(2)11-13-31(25(40)36-17-32(33,34)35)14-12-30(6)24(19(31)16-26)20(38)15-22-27(3)9-8-23(39)28(4,18-37)21(27)7-10-29(22,30)5/h15,19,21,24,37H,7-14,16-18H2,1-6H3,(H,36,40)/t19-,21?,24-,27-,28-,29+,30+,31-/m0/s1. The summed E-state index contributed by atoms with van der Waals surface area (Å²) < 4.78 is 39.4. The number of carbonyl (C=O) groups excluding carboxylic acids is 3. The third-order valence-corrected chi connectivity index (χ3v) is 13.2. The number of aliphatic hydroxyl groups excluding tert-OH is 1. The molecule has 4 fully saturated rings. The van der Waals surface area contributed by atoms with Crippen LogP contribution in [0.2, 0.25) is 0 Å². The van der Waals surface area contributed by atoms with Gasteiger partial charge in [0.25, 0.3) is 0 Å². The van der Waals surface area contributed by atoms with Crippen molar-refractivity contribution in [3.05, 3.63) is 11.6 Å². The number of rotatable bonds is 3. The molecule has 0 heterocycles. The summed E-state index contributed by atoms with van der Waals surface area (Å²) in [4.78, 5) is 41.0. The second kappa shape index (κ2) is 8.90. The van der Waals surface area contributed by atoms with E-state index >= 15 is 0 Å². The summed E-state index contributed by atoms with van der Waals surface area (Å²) in [5.41, 5.74) is -2.12. The molecule has 0 radical (unpaired) electrons. The maximum absolute atomic E-state index is 14.4. The molecule has 5 aliphatic carbocycles. The largest absolute Gasteiger partial charge is 0.405 e. The molecule has 2 N–H and O–H groups in total. The number of amides is 1. The van der Waals surface area contributed by atoms with Gasteiger partial charge in [-0.05, 0) is 90.9 Å². The summed E-state index contributed by atoms with van der Waals surface area (Å²) in [5.74, 6) is -1.35. The van der Waals surface area contributed by atoms with E-state index in [9.17, 15) is 32.7 Å². The number of alkyl halides is 3. The summed E-state index contributed by atoms with van der Waals surface area (Å²) in [5, 5.41) is 12.6. The van der Waals surface area contributed by atoms with Crippen LogP contribution in [-0.2, 0) is 14.4 Å². The van der Waals surface area contributed by atoms with Crippen molar-refractivity contribution in [1.29, 1.82) is 0 Å². The lowest BCUT2D eigenvalue weighted by Crippen LogP contribution is -2.67. The van der Waals surface area contributed by atoms with E-state index in [1.807, 2.05) is 13.0 Å². The van der Waals surface area contributed by atoms with Crippen molar-refractivity contribution >= 4 is 17.5 Å². The number of nitrogens with one attached hydrogen (secondary N) is 1. The molecule has 224 valence electrons. The Morgan fingerprint density at radius 2 is 1.65 bits per heavy atom. The van der Waals surface area contributed by atoms with Crippen molar-refractivity contribution < 1.29 is 32.7 Å². The quantitative estimate of drug-likeness (QED) is 0.428. The first-order valence-electron chi connectivity index (χ1n) is 15.1. The van der Waals surface area contributed by atoms with E-state index in [1.54, 1.807) is 0 Å². The molecule has 8 heteroatoms. The Labute approximate surface area is 236 Å². The number of hydrogen-bond acceptors (Lipinski definition) is 4. The topological polar surface area (TPSA) is 83.5 Å². The molecule has 0 aliphatic heterocycles. The fraction of sp³-hybridized carbons (Fsp3) is 0.844. The molecule has 1 unspecified atom stereocenters. The number of allylic oxidation sites excluding steroid dienone is 2. The van der Waals surface area contributed by atoms with Gasteiger partial charge in [0.05, 0.1) is 17.4 Å². The Bertz CT molecular complexity index is 1160. The summed E-state index contributed by atoms with van der Waals surface area (Å²) in [6.07, 6.45) is 2.74. The maximum Gasteiger partial charge on any atom is 0.405 e. The average Bonchev–Trinajstić information content (AvgIpc) is 2.85. The number of hydrogen-bond donors (Lipinski definition) is 2. The lowest BCUT2D eigenvalue weighted by molar-refractivity contribution is -0.184. The van der Waals surface area contributed by atoms with E-state index in [-0.39, 0.29) is 40.8 Å². The first-order valence-corrected chi connectivity index (χ1v) is 15.1. The highest BCUT2D eigenvalue weighted by atomic mass is 19.4. The molecule has 5 nitrogen and oxygen atoms in total. The molecule has 0 bridgehead atoms. The average molecular weight is 566 g/mol. The SMILES string of the molecule is CC1(C)CC[C@]2(C(=O)NCC(F)(F)F)CC[C@]3(C)[C@H](C(=O)C=C4[C@@]5(C)CCC(=O)[C@@](C)(CO)C5CC[C@]43C)[C@@H]2C1. The zero-order valence-electron chi connectivity index (χ0n) is 24.9. The number of halogens is 3. The van der Waals surface area contributed by atoms with Gasteiger partial charge in [-0.25, -0.2) is 0 Å². The monoisotopic (exact) mass is 565 g/mol. The van der Waals surface area contributed by atoms with Crippen LogP contribution >= 0.6 is 0 Å². The van der Waals surface area contributed by atoms with Crippen LogP contribution in [0.25, 0.3) is 0 Å². The minimum atomic E-state index is -4.50. The maximum atomic E-state index is 14.4. The van der Waals surface area contributed by atoms with E-state index in [0.717, 1.165) is 24.8 Å². The number of carbonyl (C=O) groups is 3. The normalized spacial score (nSPS) is 46.4. The molecule has 4 saturated carbocycles. The van der Waals surface area contributed by atoms with Gasteiger partial charge in [-0.15, -0.1) is 0 Å². The Morgan fingerprint density at radius 3 is 2.27 bits per heavy atom. The second-order valence-electron chi connectivity index (χ2n) is 15.6. The molecule has 1 amide bonds. The highest BCUT2D eigenvalue weighted by Crippen LogP contribution is 2.74. The van der Waals surface area contributed by atoms with Gasteiger partial charge in [0.15, 0.2) is 5.78 Å². The van der Waals surface area contributed by atoms with E-state index in [4.69, 9.17) is 0 Å². The Hall–Kier alpha value is -1.70. The summed E-state index contributed by atoms with van der Waals surface area (Å²) in [7, 11) is 0. The van der Waals surface area contributed by atoms with Crippen LogP contribution in [0.3, 0.4) is 0 Å². The molecule has 0 saturated heterocycles. The van der Waals surface area contributed by atoms with Crippen molar-refractivity contribution in [3.8, 4) is 0 Å². The molecule has 8 atom stereocenters. The second-order valence-corrected chi connectivity index (χ2v) is 15.6. The Kier molecular flexibility index (Phi) is 6.63. The predicted molar refractivity (Wildman–Crippen MR) is 145 cm³/mol. The summed E-state index contributed by atoms with van der Waals surface area (Å²) in [6.45, 7) is 11.2. The molecular formula is C32H46F3NO4. The van der Waals surface area contributed by atoms with Crippen LogP contribution in [0.15, 0.2) is 11.6 Å². The van der Waals surface area contributed by atoms with E-state index in [2.05, 4.69) is 39.9 Å². The van der Waals surface area contributed by atoms with Gasteiger partial charge in [0.1, 0.15) is 12.3 Å². The van der Waals surface area contributed by atoms with Crippen molar-refractivity contribution in [3.63, 3.8) is 0 Å². The Morgan fingerprint density at radius 1 is 1.00 bits per heavy atom. The van der Waals surface area contributed by atoms with E-state index in [0.29, 0.717) is 38.5 Å². The van der Waals surface area contributed by atoms with Gasteiger partial charge in [-0.3, -0.25) is 14.4 Å². The summed E-state index contributed by atoms with van der Waals surface area (Å²) >= 11 is 0. The van der Waals surface area contributed by atoms with Crippen LogP contribution in [0.1, 0.15) is 99.3 Å². The molecule has 40 heavy (non-hydrogen) atoms. The smallest absolute Gasteiger partial charge is 0.395 e. The molecule has 0 aromatic carbocycles. The molecule has 5 aliphatic rings. The van der Waals surface area contributed by atoms with Crippen molar-refractivity contribution in [1.82, 2.24) is 5.32 Å². The first kappa shape index (κ1) is 29.8. The van der Waals surface area contributed by atoms with Crippen molar-refractivity contribution in [2.75, 3.05) is 13.2 Å². The van der Waals surface area contributed by atoms with Crippen molar-refractivity contribution in [2.24, 2.45) is 50.2 Å². The highest BCUT2D eigenvalue weighted by Gasteiger charge is 2.71. The van der Waals surface area contributed by atoms with E-state index in [1.165, 1.54) is 0 Å². The molecule has 0 spiro atoms. The fourth-order valence-corrected chi connectivity index (χ4v) is 10.6. The number of aliphatic hydroxyl groups is 1. The zero-order chi connectivity index (χ0) is 29.7. The zero-order valence-corrected chi connectivity index (χ0v) is 24.9. The highest BCUT2D eigenvalue weighted by molar-refractivity contribution is 5.97. The molecule has 0 aromatic rings. The molecule has 0 aromatic heterocycles. The third kappa shape index (κ3) is 3.93. The summed E-state index contributed by atoms with van der Waals surface area (Å²) in [6, 6.07) is 0. The minimum Gasteiger partial charge on any atom is -0.395 e. The minimum absolute atomic E-state index is 0.0187. The first-order chi connectivity index (χ1) is 18.3. The van der Waals surface area contributed by atoms with Gasteiger partial charge in [0.2, 0.25) is 5.91 Å². The van der Waals surface area contributed by atoms with Gasteiger partial charge >= 0.3 is 6.18 Å². The van der Waals surface area contributed by atoms with Crippen LogP contribution in [0, 0.1) is 50.2 Å². The van der Waals surface area contributed by atoms with Gasteiger partial charge < -0.3 is 10.4 Å². The lowest BCUT2D eigenvalue weighted by Gasteiger charge is -2.69.